The van der Waals surface area contributed by atoms with Gasteiger partial charge in [-0.2, -0.15) is 0 Å². The first kappa shape index (κ1) is 17.0. The Kier molecular flexibility index (Phi) is 4.63. The fraction of sp³-hybridized carbons (Fsp3) is 0.579. The molecule has 2 N–H and O–H groups in total. The van der Waals surface area contributed by atoms with Crippen molar-refractivity contribution in [3.63, 3.8) is 0 Å². The highest BCUT2D eigenvalue weighted by Gasteiger charge is 2.50. The summed E-state index contributed by atoms with van der Waals surface area (Å²) in [5.41, 5.74) is 2.46. The highest BCUT2D eigenvalue weighted by Crippen LogP contribution is 2.37. The van der Waals surface area contributed by atoms with Crippen LogP contribution in [0, 0.1) is 19.3 Å². The van der Waals surface area contributed by atoms with Gasteiger partial charge in [-0.15, -0.1) is 0 Å². The van der Waals surface area contributed by atoms with E-state index in [0.717, 1.165) is 23.1 Å². The minimum Gasteiger partial charge on any atom is -0.392 e. The number of nitrogens with zero attached hydrogens (tertiary/aromatic N) is 1. The maximum atomic E-state index is 12.8. The van der Waals surface area contributed by atoms with Crippen molar-refractivity contribution < 1.29 is 14.7 Å². The van der Waals surface area contributed by atoms with Gasteiger partial charge in [-0.3, -0.25) is 9.59 Å². The normalized spacial score (nSPS) is 27.2. The summed E-state index contributed by atoms with van der Waals surface area (Å²) >= 11 is 0. The van der Waals surface area contributed by atoms with E-state index >= 15 is 0 Å². The summed E-state index contributed by atoms with van der Waals surface area (Å²) < 4.78 is 0. The summed E-state index contributed by atoms with van der Waals surface area (Å²) in [6.07, 6.45) is 1.64. The van der Waals surface area contributed by atoms with Gasteiger partial charge in [-0.05, 0) is 44.2 Å². The minimum absolute atomic E-state index is 0.0355. The van der Waals surface area contributed by atoms with Gasteiger partial charge in [0.2, 0.25) is 11.8 Å². The number of nitrogens with one attached hydrogen (secondary N) is 1. The zero-order chi connectivity index (χ0) is 17.3. The van der Waals surface area contributed by atoms with Gasteiger partial charge in [0.15, 0.2) is 0 Å². The van der Waals surface area contributed by atoms with Crippen molar-refractivity contribution in [2.24, 2.45) is 5.41 Å². The van der Waals surface area contributed by atoms with Crippen LogP contribution in [-0.4, -0.2) is 47.6 Å². The Bertz CT molecular complexity index is 658. The largest absolute Gasteiger partial charge is 0.392 e. The van der Waals surface area contributed by atoms with Crippen LogP contribution in [0.25, 0.3) is 0 Å². The van der Waals surface area contributed by atoms with Crippen LogP contribution < -0.4 is 5.32 Å². The molecule has 2 atom stereocenters. The molecule has 0 saturated carbocycles. The van der Waals surface area contributed by atoms with Crippen molar-refractivity contribution in [1.82, 2.24) is 10.2 Å². The lowest BCUT2D eigenvalue weighted by Gasteiger charge is -2.46. The topological polar surface area (TPSA) is 69.6 Å². The third kappa shape index (κ3) is 3.05. The summed E-state index contributed by atoms with van der Waals surface area (Å²) in [7, 11) is 0. The Morgan fingerprint density at radius 2 is 2.21 bits per heavy atom. The Balaban J connectivity index is 1.76. The van der Waals surface area contributed by atoms with Crippen LogP contribution in [0.2, 0.25) is 0 Å². The molecule has 0 aliphatic carbocycles. The number of piperidine rings is 2. The van der Waals surface area contributed by atoms with Crippen molar-refractivity contribution in [3.05, 3.63) is 34.9 Å². The van der Waals surface area contributed by atoms with E-state index in [1.165, 1.54) is 0 Å². The molecule has 2 fully saturated rings. The van der Waals surface area contributed by atoms with Gasteiger partial charge < -0.3 is 15.3 Å². The molecule has 0 unspecified atom stereocenters. The molecule has 5 nitrogen and oxygen atoms in total. The van der Waals surface area contributed by atoms with E-state index in [2.05, 4.69) is 11.4 Å². The average molecular weight is 330 g/mol. The number of carbonyl (C=O) groups is 2. The van der Waals surface area contributed by atoms with Gasteiger partial charge in [-0.25, -0.2) is 0 Å². The SMILES string of the molecule is Cc1ccc(C)c(CC(=O)N2CC[C@H](O)[C@@]3(CCCNC3=O)C2)c1. The van der Waals surface area contributed by atoms with Crippen LogP contribution in [-0.2, 0) is 16.0 Å². The highest BCUT2D eigenvalue weighted by molar-refractivity contribution is 5.86. The van der Waals surface area contributed by atoms with E-state index in [4.69, 9.17) is 0 Å². The number of aliphatic hydroxyl groups is 1. The minimum atomic E-state index is -0.826. The Morgan fingerprint density at radius 3 is 2.96 bits per heavy atom. The lowest BCUT2D eigenvalue weighted by molar-refractivity contribution is -0.154. The van der Waals surface area contributed by atoms with E-state index in [1.54, 1.807) is 4.90 Å². The molecule has 1 aromatic rings. The lowest BCUT2D eigenvalue weighted by Crippen LogP contribution is -2.62. The highest BCUT2D eigenvalue weighted by atomic mass is 16.3. The van der Waals surface area contributed by atoms with Crippen LogP contribution in [0.5, 0.6) is 0 Å². The second-order valence-corrected chi connectivity index (χ2v) is 7.24. The number of hydrogen-bond acceptors (Lipinski definition) is 3. The van der Waals surface area contributed by atoms with E-state index in [1.807, 2.05) is 26.0 Å². The zero-order valence-electron chi connectivity index (χ0n) is 14.5. The molecular formula is C19H26N2O3. The summed E-state index contributed by atoms with van der Waals surface area (Å²) in [4.78, 5) is 26.9. The summed E-state index contributed by atoms with van der Waals surface area (Å²) in [6.45, 7) is 5.53. The molecule has 1 aromatic carbocycles. The van der Waals surface area contributed by atoms with Gasteiger partial charge in [0.25, 0.3) is 0 Å². The van der Waals surface area contributed by atoms with Crippen LogP contribution >= 0.6 is 0 Å². The van der Waals surface area contributed by atoms with Crippen molar-refractivity contribution in [2.75, 3.05) is 19.6 Å². The Hall–Kier alpha value is -1.88. The molecule has 2 heterocycles. The number of amides is 2. The third-order valence-electron chi connectivity index (χ3n) is 5.52. The molecule has 24 heavy (non-hydrogen) atoms. The molecule has 0 bridgehead atoms. The summed E-state index contributed by atoms with van der Waals surface area (Å²) in [5, 5.41) is 13.3. The Morgan fingerprint density at radius 1 is 1.42 bits per heavy atom. The molecular weight excluding hydrogens is 304 g/mol. The third-order valence-corrected chi connectivity index (χ3v) is 5.52. The monoisotopic (exact) mass is 330 g/mol. The van der Waals surface area contributed by atoms with Crippen molar-refractivity contribution in [2.45, 2.75) is 45.6 Å². The first-order chi connectivity index (χ1) is 11.4. The molecule has 2 saturated heterocycles. The number of aliphatic hydroxyl groups excluding tert-OH is 1. The first-order valence-corrected chi connectivity index (χ1v) is 8.73. The fourth-order valence-electron chi connectivity index (χ4n) is 3.92. The molecule has 2 aliphatic rings. The first-order valence-electron chi connectivity index (χ1n) is 8.73. The van der Waals surface area contributed by atoms with E-state index in [9.17, 15) is 14.7 Å². The van der Waals surface area contributed by atoms with Crippen molar-refractivity contribution in [3.8, 4) is 0 Å². The number of hydrogen-bond donors (Lipinski definition) is 2. The molecule has 1 spiro atoms. The van der Waals surface area contributed by atoms with Crippen LogP contribution in [0.15, 0.2) is 18.2 Å². The van der Waals surface area contributed by atoms with Crippen molar-refractivity contribution >= 4 is 11.8 Å². The standard InChI is InChI=1S/C19H26N2O3/c1-13-4-5-14(2)15(10-13)11-17(23)21-9-6-16(22)19(12-21)7-3-8-20-18(19)24/h4-5,10,16,22H,3,6-9,11-12H2,1-2H3,(H,20,24)/t16-,19+/m0/s1. The van der Waals surface area contributed by atoms with Gasteiger partial charge in [-0.1, -0.05) is 23.8 Å². The van der Waals surface area contributed by atoms with Gasteiger partial charge in [0.05, 0.1) is 17.9 Å². The van der Waals surface area contributed by atoms with Crippen LogP contribution in [0.1, 0.15) is 36.0 Å². The number of carbonyl (C=O) groups excluding carboxylic acids is 2. The molecule has 3 rings (SSSR count). The molecule has 2 aliphatic heterocycles. The predicted molar refractivity (Wildman–Crippen MR) is 91.5 cm³/mol. The van der Waals surface area contributed by atoms with E-state index < -0.39 is 11.5 Å². The number of likely N-dealkylation sites (tertiary alicyclic amines) is 1. The molecule has 5 heteroatoms. The second kappa shape index (κ2) is 6.55. The quantitative estimate of drug-likeness (QED) is 0.860. The average Bonchev–Trinajstić information content (AvgIpc) is 2.56. The van der Waals surface area contributed by atoms with Gasteiger partial charge >= 0.3 is 0 Å². The smallest absolute Gasteiger partial charge is 0.230 e. The van der Waals surface area contributed by atoms with Crippen molar-refractivity contribution in [1.29, 1.82) is 0 Å². The van der Waals surface area contributed by atoms with Gasteiger partial charge in [0.1, 0.15) is 0 Å². The summed E-state index contributed by atoms with van der Waals surface area (Å²) in [5.74, 6) is -0.0705. The molecule has 2 amide bonds. The molecule has 0 radical (unpaired) electrons. The molecule has 130 valence electrons. The van der Waals surface area contributed by atoms with Gasteiger partial charge in [0, 0.05) is 19.6 Å². The lowest BCUT2D eigenvalue weighted by atomic mass is 9.71. The number of rotatable bonds is 2. The zero-order valence-corrected chi connectivity index (χ0v) is 14.5. The molecule has 0 aromatic heterocycles. The maximum Gasteiger partial charge on any atom is 0.230 e. The predicted octanol–water partition coefficient (Wildman–Crippen LogP) is 1.34. The van der Waals surface area contributed by atoms with Crippen LogP contribution in [0.3, 0.4) is 0 Å². The number of benzene rings is 1. The second-order valence-electron chi connectivity index (χ2n) is 7.24. The fourth-order valence-corrected chi connectivity index (χ4v) is 3.92. The van der Waals surface area contributed by atoms with E-state index in [0.29, 0.717) is 38.9 Å². The van der Waals surface area contributed by atoms with Crippen LogP contribution in [0.4, 0.5) is 0 Å². The summed E-state index contributed by atoms with van der Waals surface area (Å²) in [6, 6.07) is 6.13. The van der Waals surface area contributed by atoms with E-state index in [-0.39, 0.29) is 11.8 Å². The number of aryl methyl sites for hydroxylation is 2. The maximum absolute atomic E-state index is 12.8. The Labute approximate surface area is 143 Å².